The number of thioether (sulfide) groups is 1. The van der Waals surface area contributed by atoms with Gasteiger partial charge in [-0.3, -0.25) is 9.89 Å². The van der Waals surface area contributed by atoms with Crippen LogP contribution in [0.5, 0.6) is 0 Å². The lowest BCUT2D eigenvalue weighted by Gasteiger charge is -2.38. The van der Waals surface area contributed by atoms with Gasteiger partial charge < -0.3 is 4.90 Å². The van der Waals surface area contributed by atoms with E-state index in [1.807, 2.05) is 11.8 Å². The summed E-state index contributed by atoms with van der Waals surface area (Å²) >= 11 is 1.92. The number of aromatic nitrogens is 2. The number of hydrogen-bond acceptors (Lipinski definition) is 3. The first-order valence-electron chi connectivity index (χ1n) is 8.32. The molecule has 2 atom stereocenters. The molecule has 2 fully saturated rings. The first kappa shape index (κ1) is 15.7. The Labute approximate surface area is 144 Å². The van der Waals surface area contributed by atoms with Gasteiger partial charge in [0.25, 0.3) is 5.91 Å². The number of nitrogens with one attached hydrogen (secondary N) is 1. The van der Waals surface area contributed by atoms with Crippen LogP contribution in [0, 0.1) is 5.82 Å². The van der Waals surface area contributed by atoms with Crippen LogP contribution in [0.1, 0.15) is 36.2 Å². The topological polar surface area (TPSA) is 49.0 Å². The molecule has 0 spiro atoms. The number of fused-ring (bicyclic) bond motifs is 2. The molecule has 1 N–H and O–H groups in total. The smallest absolute Gasteiger partial charge is 0.272 e. The molecule has 1 aromatic carbocycles. The van der Waals surface area contributed by atoms with Gasteiger partial charge in [0, 0.05) is 22.9 Å². The van der Waals surface area contributed by atoms with E-state index in [9.17, 15) is 9.18 Å². The lowest BCUT2D eigenvalue weighted by molar-refractivity contribution is 0.0595. The summed E-state index contributed by atoms with van der Waals surface area (Å²) in [4.78, 5) is 15.0. The van der Waals surface area contributed by atoms with Crippen LogP contribution in [0.4, 0.5) is 4.39 Å². The van der Waals surface area contributed by atoms with E-state index in [1.54, 1.807) is 18.2 Å². The van der Waals surface area contributed by atoms with Crippen LogP contribution in [0.3, 0.4) is 0 Å². The molecule has 1 amide bonds. The zero-order chi connectivity index (χ0) is 16.7. The highest BCUT2D eigenvalue weighted by molar-refractivity contribution is 7.99. The Morgan fingerprint density at radius 1 is 1.25 bits per heavy atom. The molecule has 0 radical (unpaired) electrons. The minimum Gasteiger partial charge on any atom is -0.331 e. The summed E-state index contributed by atoms with van der Waals surface area (Å²) in [6.07, 6.45) is 6.54. The number of amides is 1. The zero-order valence-corrected chi connectivity index (χ0v) is 14.4. The molecular formula is C18H20FN3OS. The fourth-order valence-electron chi connectivity index (χ4n) is 3.99. The van der Waals surface area contributed by atoms with Crippen LogP contribution >= 0.6 is 11.8 Å². The summed E-state index contributed by atoms with van der Waals surface area (Å²) < 4.78 is 13.0. The highest BCUT2D eigenvalue weighted by Gasteiger charge is 2.43. The molecule has 2 saturated heterocycles. The fourth-order valence-corrected chi connectivity index (χ4v) is 4.82. The van der Waals surface area contributed by atoms with Gasteiger partial charge in [0.15, 0.2) is 0 Å². The molecule has 0 aliphatic carbocycles. The number of halogens is 1. The minimum absolute atomic E-state index is 0.0444. The van der Waals surface area contributed by atoms with Crippen molar-refractivity contribution in [2.75, 3.05) is 6.26 Å². The normalized spacial score (nSPS) is 25.9. The quantitative estimate of drug-likeness (QED) is 0.922. The summed E-state index contributed by atoms with van der Waals surface area (Å²) in [5.41, 5.74) is 1.99. The van der Waals surface area contributed by atoms with Gasteiger partial charge in [-0.05, 0) is 62.3 Å². The van der Waals surface area contributed by atoms with Crippen LogP contribution in [-0.2, 0) is 0 Å². The van der Waals surface area contributed by atoms with Crippen LogP contribution in [-0.4, -0.2) is 44.6 Å². The van der Waals surface area contributed by atoms with E-state index in [-0.39, 0.29) is 11.7 Å². The fraction of sp³-hybridized carbons (Fsp3) is 0.444. The number of rotatable bonds is 3. The summed E-state index contributed by atoms with van der Waals surface area (Å²) in [5, 5.41) is 7.77. The molecule has 4 nitrogen and oxygen atoms in total. The van der Waals surface area contributed by atoms with E-state index in [1.165, 1.54) is 12.1 Å². The van der Waals surface area contributed by atoms with Gasteiger partial charge in [-0.25, -0.2) is 4.39 Å². The molecule has 2 unspecified atom stereocenters. The Kier molecular flexibility index (Phi) is 4.08. The molecule has 24 heavy (non-hydrogen) atoms. The van der Waals surface area contributed by atoms with Crippen molar-refractivity contribution in [2.45, 2.75) is 43.0 Å². The van der Waals surface area contributed by atoms with E-state index in [4.69, 9.17) is 0 Å². The average Bonchev–Trinajstić information content (AvgIpc) is 3.18. The van der Waals surface area contributed by atoms with E-state index >= 15 is 0 Å². The highest BCUT2D eigenvalue weighted by Crippen LogP contribution is 2.40. The number of aromatic amines is 1. The van der Waals surface area contributed by atoms with Crippen LogP contribution < -0.4 is 0 Å². The summed E-state index contributed by atoms with van der Waals surface area (Å²) in [7, 11) is 0. The highest BCUT2D eigenvalue weighted by atomic mass is 32.2. The zero-order valence-electron chi connectivity index (χ0n) is 13.5. The molecular weight excluding hydrogens is 325 g/mol. The Morgan fingerprint density at radius 2 is 1.92 bits per heavy atom. The van der Waals surface area contributed by atoms with Crippen molar-refractivity contribution in [3.05, 3.63) is 41.8 Å². The number of nitrogens with zero attached hydrogens (tertiary/aromatic N) is 2. The summed E-state index contributed by atoms with van der Waals surface area (Å²) in [6, 6.07) is 8.63. The van der Waals surface area contributed by atoms with E-state index in [0.717, 1.165) is 31.2 Å². The van der Waals surface area contributed by atoms with Gasteiger partial charge in [0.2, 0.25) is 0 Å². The first-order chi connectivity index (χ1) is 11.7. The number of carbonyl (C=O) groups is 1. The number of carbonyl (C=O) groups excluding carboxylic acids is 1. The van der Waals surface area contributed by atoms with E-state index in [2.05, 4.69) is 21.4 Å². The van der Waals surface area contributed by atoms with Crippen molar-refractivity contribution in [1.82, 2.24) is 15.1 Å². The largest absolute Gasteiger partial charge is 0.331 e. The Balaban J connectivity index is 1.55. The molecule has 2 aliphatic rings. The van der Waals surface area contributed by atoms with Crippen molar-refractivity contribution in [1.29, 1.82) is 0 Å². The number of H-pyrrole nitrogens is 1. The minimum atomic E-state index is -0.279. The molecule has 6 heteroatoms. The van der Waals surface area contributed by atoms with Crippen molar-refractivity contribution in [3.8, 4) is 11.3 Å². The summed E-state index contributed by atoms with van der Waals surface area (Å²) in [5.74, 6) is -0.234. The third-order valence-electron chi connectivity index (χ3n) is 5.21. The predicted octanol–water partition coefficient (Wildman–Crippen LogP) is 3.71. The average molecular weight is 345 g/mol. The molecule has 4 rings (SSSR count). The number of piperidine rings is 1. The van der Waals surface area contributed by atoms with Crippen molar-refractivity contribution in [3.63, 3.8) is 0 Å². The maximum atomic E-state index is 13.0. The Bertz CT molecular complexity index is 731. The lowest BCUT2D eigenvalue weighted by Crippen LogP contribution is -2.47. The van der Waals surface area contributed by atoms with Crippen LogP contribution in [0.25, 0.3) is 11.3 Å². The maximum Gasteiger partial charge on any atom is 0.272 e. The van der Waals surface area contributed by atoms with Crippen molar-refractivity contribution in [2.24, 2.45) is 0 Å². The van der Waals surface area contributed by atoms with Gasteiger partial charge in [-0.15, -0.1) is 0 Å². The lowest BCUT2D eigenvalue weighted by atomic mass is 10.0. The second-order valence-electron chi connectivity index (χ2n) is 6.60. The standard InChI is InChI=1S/C18H20FN3OS/c1-24-15-8-13-6-7-14(9-15)22(13)18(23)17-10-16(20-21-17)11-2-4-12(19)5-3-11/h2-5,10,13-15H,6-9H2,1H3,(H,20,21). The molecule has 0 saturated carbocycles. The SMILES string of the molecule is CSC1CC2CCC(C1)N2C(=O)c1cc(-c2ccc(F)cc2)n[nH]1. The van der Waals surface area contributed by atoms with Crippen LogP contribution in [0.15, 0.2) is 30.3 Å². The Morgan fingerprint density at radius 3 is 2.54 bits per heavy atom. The van der Waals surface area contributed by atoms with Gasteiger partial charge in [0.1, 0.15) is 11.5 Å². The number of hydrogen-bond donors (Lipinski definition) is 1. The van der Waals surface area contributed by atoms with E-state index < -0.39 is 0 Å². The van der Waals surface area contributed by atoms with Gasteiger partial charge in [0.05, 0.1) is 5.69 Å². The van der Waals surface area contributed by atoms with Crippen molar-refractivity contribution < 1.29 is 9.18 Å². The molecule has 2 aromatic rings. The third kappa shape index (κ3) is 2.73. The first-order valence-corrected chi connectivity index (χ1v) is 9.61. The molecule has 3 heterocycles. The van der Waals surface area contributed by atoms with Crippen LogP contribution in [0.2, 0.25) is 0 Å². The third-order valence-corrected chi connectivity index (χ3v) is 6.26. The second-order valence-corrected chi connectivity index (χ2v) is 7.74. The predicted molar refractivity (Wildman–Crippen MR) is 93.5 cm³/mol. The number of benzene rings is 1. The molecule has 126 valence electrons. The summed E-state index contributed by atoms with van der Waals surface area (Å²) in [6.45, 7) is 0. The molecule has 1 aromatic heterocycles. The molecule has 2 bridgehead atoms. The van der Waals surface area contributed by atoms with Crippen molar-refractivity contribution >= 4 is 17.7 Å². The molecule has 2 aliphatic heterocycles. The van der Waals surface area contributed by atoms with Gasteiger partial charge >= 0.3 is 0 Å². The monoisotopic (exact) mass is 345 g/mol. The Hall–Kier alpha value is -1.82. The maximum absolute atomic E-state index is 13.0. The van der Waals surface area contributed by atoms with E-state index in [0.29, 0.717) is 28.7 Å². The van der Waals surface area contributed by atoms with Gasteiger partial charge in [-0.2, -0.15) is 16.9 Å². The second kappa shape index (κ2) is 6.24. The van der Waals surface area contributed by atoms with Gasteiger partial charge in [-0.1, -0.05) is 0 Å².